The van der Waals surface area contributed by atoms with Gasteiger partial charge in [-0.1, -0.05) is 42.8 Å². The highest BCUT2D eigenvalue weighted by Gasteiger charge is 2.06. The average molecular weight is 382 g/mol. The summed E-state index contributed by atoms with van der Waals surface area (Å²) in [6, 6.07) is 13.3. The molecule has 27 heavy (non-hydrogen) atoms. The molecule has 0 saturated heterocycles. The molecule has 140 valence electrons. The highest BCUT2D eigenvalue weighted by Crippen LogP contribution is 2.20. The van der Waals surface area contributed by atoms with Gasteiger partial charge in [0.05, 0.1) is 0 Å². The van der Waals surface area contributed by atoms with Gasteiger partial charge in [-0.2, -0.15) is 0 Å². The van der Waals surface area contributed by atoms with E-state index >= 15 is 0 Å². The molecule has 0 atom stereocenters. The maximum atomic E-state index is 12.0. The Bertz CT molecular complexity index is 873. The molecule has 5 nitrogen and oxygen atoms in total. The molecular formula is C21H23N3O2S. The fourth-order valence-electron chi connectivity index (χ4n) is 2.24. The lowest BCUT2D eigenvalue weighted by Crippen LogP contribution is -2.32. The van der Waals surface area contributed by atoms with Crippen LogP contribution in [0.25, 0.3) is 6.08 Å². The van der Waals surface area contributed by atoms with E-state index in [1.807, 2.05) is 50.2 Å². The minimum Gasteiger partial charge on any atom is -0.332 e. The molecule has 6 heteroatoms. The van der Waals surface area contributed by atoms with Gasteiger partial charge in [-0.15, -0.1) is 0 Å². The largest absolute Gasteiger partial charge is 0.332 e. The predicted molar refractivity (Wildman–Crippen MR) is 115 cm³/mol. The fourth-order valence-corrected chi connectivity index (χ4v) is 2.46. The van der Waals surface area contributed by atoms with Crippen LogP contribution in [-0.2, 0) is 9.59 Å². The van der Waals surface area contributed by atoms with Crippen LogP contribution in [0.15, 0.2) is 48.5 Å². The van der Waals surface area contributed by atoms with Crippen molar-refractivity contribution in [1.82, 2.24) is 5.32 Å². The van der Waals surface area contributed by atoms with Crippen LogP contribution in [0.2, 0.25) is 0 Å². The molecule has 0 aromatic heterocycles. The summed E-state index contributed by atoms with van der Waals surface area (Å²) in [7, 11) is 0. The second-order valence-electron chi connectivity index (χ2n) is 6.12. The van der Waals surface area contributed by atoms with E-state index in [1.165, 1.54) is 6.08 Å². The third kappa shape index (κ3) is 6.67. The minimum absolute atomic E-state index is 0.0626. The zero-order valence-corrected chi connectivity index (χ0v) is 16.4. The summed E-state index contributed by atoms with van der Waals surface area (Å²) in [6.07, 6.45) is 3.56. The number of hydrogen-bond acceptors (Lipinski definition) is 3. The topological polar surface area (TPSA) is 70.2 Å². The Labute approximate surface area is 164 Å². The molecule has 2 rings (SSSR count). The van der Waals surface area contributed by atoms with Crippen molar-refractivity contribution in [2.75, 3.05) is 10.6 Å². The lowest BCUT2D eigenvalue weighted by Gasteiger charge is -2.12. The van der Waals surface area contributed by atoms with Gasteiger partial charge in [-0.25, -0.2) is 0 Å². The summed E-state index contributed by atoms with van der Waals surface area (Å²) in [6.45, 7) is 5.71. The Kier molecular flexibility index (Phi) is 7.25. The summed E-state index contributed by atoms with van der Waals surface area (Å²) < 4.78 is 0. The van der Waals surface area contributed by atoms with Crippen LogP contribution in [0.4, 0.5) is 11.4 Å². The molecule has 0 fully saturated rings. The van der Waals surface area contributed by atoms with Crippen LogP contribution in [0.5, 0.6) is 0 Å². The fraction of sp³-hybridized carbons (Fsp3) is 0.190. The Morgan fingerprint density at radius 2 is 1.74 bits per heavy atom. The van der Waals surface area contributed by atoms with Gasteiger partial charge in [-0.3, -0.25) is 14.9 Å². The van der Waals surface area contributed by atoms with Crippen LogP contribution in [0.3, 0.4) is 0 Å². The van der Waals surface area contributed by atoms with Gasteiger partial charge < -0.3 is 10.6 Å². The Morgan fingerprint density at radius 1 is 1.04 bits per heavy atom. The van der Waals surface area contributed by atoms with Gasteiger partial charge in [0.15, 0.2) is 5.11 Å². The average Bonchev–Trinajstić information content (AvgIpc) is 2.63. The normalized spacial score (nSPS) is 10.5. The smallest absolute Gasteiger partial charge is 0.250 e. The van der Waals surface area contributed by atoms with Crippen LogP contribution >= 0.6 is 12.2 Å². The lowest BCUT2D eigenvalue weighted by molar-refractivity contribution is -0.116. The number of aryl methyl sites for hydroxylation is 2. The maximum absolute atomic E-state index is 12.0. The summed E-state index contributed by atoms with van der Waals surface area (Å²) >= 11 is 5.18. The van der Waals surface area contributed by atoms with Crippen molar-refractivity contribution in [2.45, 2.75) is 27.2 Å². The molecule has 0 aliphatic carbocycles. The lowest BCUT2D eigenvalue weighted by atomic mass is 10.1. The highest BCUT2D eigenvalue weighted by molar-refractivity contribution is 7.80. The van der Waals surface area contributed by atoms with Gasteiger partial charge >= 0.3 is 0 Å². The Balaban J connectivity index is 1.94. The number of anilines is 2. The van der Waals surface area contributed by atoms with E-state index in [0.29, 0.717) is 17.8 Å². The van der Waals surface area contributed by atoms with Gasteiger partial charge in [0.1, 0.15) is 0 Å². The van der Waals surface area contributed by atoms with Crippen molar-refractivity contribution in [2.24, 2.45) is 0 Å². The van der Waals surface area contributed by atoms with E-state index in [0.717, 1.165) is 16.7 Å². The summed E-state index contributed by atoms with van der Waals surface area (Å²) in [5.74, 6) is -0.382. The van der Waals surface area contributed by atoms with E-state index < -0.39 is 0 Å². The first-order valence-corrected chi connectivity index (χ1v) is 9.05. The first-order chi connectivity index (χ1) is 12.9. The van der Waals surface area contributed by atoms with Gasteiger partial charge in [-0.05, 0) is 55.4 Å². The molecule has 0 aliphatic rings. The number of carbonyl (C=O) groups excluding carboxylic acids is 2. The predicted octanol–water partition coefficient (Wildman–Crippen LogP) is 4.18. The molecule has 2 aromatic carbocycles. The van der Waals surface area contributed by atoms with Crippen molar-refractivity contribution in [1.29, 1.82) is 0 Å². The Hall–Kier alpha value is -2.99. The standard InChI is InChI=1S/C21H23N3O2S/c1-4-19(25)23-18-13-17(11-7-15(18)3)22-21(27)24-20(26)12-10-16-8-5-14(2)6-9-16/h5-13H,4H2,1-3H3,(H,23,25)(H2,22,24,26,27)/b12-10+. The van der Waals surface area contributed by atoms with E-state index in [4.69, 9.17) is 12.2 Å². The number of nitrogens with one attached hydrogen (secondary N) is 3. The third-order valence-corrected chi connectivity index (χ3v) is 4.04. The van der Waals surface area contributed by atoms with Gasteiger partial charge in [0, 0.05) is 23.9 Å². The quantitative estimate of drug-likeness (QED) is 0.537. The number of rotatable bonds is 5. The first-order valence-electron chi connectivity index (χ1n) is 8.64. The second kappa shape index (κ2) is 9.64. The molecule has 0 bridgehead atoms. The van der Waals surface area contributed by atoms with Crippen molar-refractivity contribution in [3.63, 3.8) is 0 Å². The molecule has 0 spiro atoms. The van der Waals surface area contributed by atoms with Crippen LogP contribution < -0.4 is 16.0 Å². The molecule has 2 aromatic rings. The van der Waals surface area contributed by atoms with Crippen LogP contribution in [0.1, 0.15) is 30.0 Å². The number of benzene rings is 2. The van der Waals surface area contributed by atoms with E-state index in [1.54, 1.807) is 19.1 Å². The summed E-state index contributed by atoms with van der Waals surface area (Å²) in [5, 5.41) is 8.58. The van der Waals surface area contributed by atoms with Crippen LogP contribution in [0, 0.1) is 13.8 Å². The molecule has 3 N–H and O–H groups in total. The van der Waals surface area contributed by atoms with E-state index in [-0.39, 0.29) is 16.9 Å². The molecular weight excluding hydrogens is 358 g/mol. The maximum Gasteiger partial charge on any atom is 0.250 e. The van der Waals surface area contributed by atoms with Gasteiger partial charge in [0.2, 0.25) is 11.8 Å². The van der Waals surface area contributed by atoms with Gasteiger partial charge in [0.25, 0.3) is 0 Å². The van der Waals surface area contributed by atoms with Crippen molar-refractivity contribution >= 4 is 46.6 Å². The summed E-state index contributed by atoms with van der Waals surface area (Å²) in [4.78, 5) is 23.6. The molecule has 0 radical (unpaired) electrons. The number of hydrogen-bond donors (Lipinski definition) is 3. The molecule has 0 heterocycles. The number of thiocarbonyl (C=S) groups is 1. The highest BCUT2D eigenvalue weighted by atomic mass is 32.1. The summed E-state index contributed by atoms with van der Waals surface area (Å²) in [5.41, 5.74) is 4.43. The Morgan fingerprint density at radius 3 is 2.41 bits per heavy atom. The number of amides is 2. The van der Waals surface area contributed by atoms with E-state index in [2.05, 4.69) is 16.0 Å². The van der Waals surface area contributed by atoms with Crippen molar-refractivity contribution in [3.8, 4) is 0 Å². The zero-order valence-electron chi connectivity index (χ0n) is 15.6. The third-order valence-electron chi connectivity index (χ3n) is 3.83. The first kappa shape index (κ1) is 20.3. The molecule has 0 aliphatic heterocycles. The molecule has 0 saturated carbocycles. The molecule has 0 unspecified atom stereocenters. The number of carbonyl (C=O) groups is 2. The monoisotopic (exact) mass is 381 g/mol. The van der Waals surface area contributed by atoms with Crippen molar-refractivity contribution in [3.05, 3.63) is 65.2 Å². The van der Waals surface area contributed by atoms with E-state index in [9.17, 15) is 9.59 Å². The van der Waals surface area contributed by atoms with Crippen molar-refractivity contribution < 1.29 is 9.59 Å². The zero-order chi connectivity index (χ0) is 19.8. The van der Waals surface area contributed by atoms with Crippen LogP contribution in [-0.4, -0.2) is 16.9 Å². The molecule has 2 amide bonds. The minimum atomic E-state index is -0.320. The SMILES string of the molecule is CCC(=O)Nc1cc(NC(=S)NC(=O)/C=C/c2ccc(C)cc2)ccc1C. The second-order valence-corrected chi connectivity index (χ2v) is 6.53.